The summed E-state index contributed by atoms with van der Waals surface area (Å²) in [6, 6.07) is 10.3. The second-order valence-electron chi connectivity index (χ2n) is 6.14. The fourth-order valence-corrected chi connectivity index (χ4v) is 6.87. The third-order valence-corrected chi connectivity index (χ3v) is 9.66. The van der Waals surface area contributed by atoms with Crippen LogP contribution < -0.4 is 11.5 Å². The van der Waals surface area contributed by atoms with Gasteiger partial charge in [-0.25, -0.2) is 16.8 Å². The van der Waals surface area contributed by atoms with E-state index in [2.05, 4.69) is 0 Å². The zero-order valence-electron chi connectivity index (χ0n) is 14.3. The number of aryl methyl sites for hydroxylation is 2. The summed E-state index contributed by atoms with van der Waals surface area (Å²) >= 11 is 0. The fraction of sp³-hybridized carbons (Fsp3) is 0.294. The maximum Gasteiger partial charge on any atom is 0.244 e. The van der Waals surface area contributed by atoms with E-state index in [1.54, 1.807) is 38.1 Å². The van der Waals surface area contributed by atoms with Gasteiger partial charge in [-0.1, -0.05) is 35.4 Å². The van der Waals surface area contributed by atoms with Gasteiger partial charge in [0, 0.05) is 6.04 Å². The number of benzene rings is 2. The molecule has 0 unspecified atom stereocenters. The molecule has 8 heteroatoms. The topological polar surface area (TPSA) is 120 Å². The van der Waals surface area contributed by atoms with Crippen molar-refractivity contribution in [2.45, 2.75) is 40.8 Å². The largest absolute Gasteiger partial charge is 0.325 e. The summed E-state index contributed by atoms with van der Waals surface area (Å²) in [5.74, 6) is 0. The second-order valence-corrected chi connectivity index (χ2v) is 10.7. The highest BCUT2D eigenvalue weighted by Crippen LogP contribution is 2.33. The van der Waals surface area contributed by atoms with Crippen molar-refractivity contribution < 1.29 is 16.8 Å². The van der Waals surface area contributed by atoms with Gasteiger partial charge in [0.2, 0.25) is 23.9 Å². The van der Waals surface area contributed by atoms with Crippen LogP contribution in [0.25, 0.3) is 0 Å². The van der Waals surface area contributed by atoms with Crippen LogP contribution in [0.15, 0.2) is 58.3 Å². The lowest BCUT2D eigenvalue weighted by molar-refractivity contribution is 0.510. The zero-order valence-corrected chi connectivity index (χ0v) is 15.9. The smallest absolute Gasteiger partial charge is 0.244 e. The van der Waals surface area contributed by atoms with Crippen molar-refractivity contribution in [3.63, 3.8) is 0 Å². The summed E-state index contributed by atoms with van der Waals surface area (Å²) < 4.78 is 49.7. The molecular weight excluding hydrogens is 360 g/mol. The molecule has 4 N–H and O–H groups in total. The monoisotopic (exact) mass is 382 g/mol. The SMILES string of the molecule is Cc1ccc(S(=O)(=O)C(N)([C@@H](C)N)S(=O)(=O)c2ccc(C)cc2)cc1. The summed E-state index contributed by atoms with van der Waals surface area (Å²) in [7, 11) is -8.94. The van der Waals surface area contributed by atoms with E-state index < -0.39 is 29.9 Å². The normalized spacial score (nSPS) is 14.3. The lowest BCUT2D eigenvalue weighted by Gasteiger charge is -2.32. The van der Waals surface area contributed by atoms with E-state index in [0.29, 0.717) is 0 Å². The van der Waals surface area contributed by atoms with Crippen LogP contribution in [0.4, 0.5) is 0 Å². The molecule has 6 nitrogen and oxygen atoms in total. The van der Waals surface area contributed by atoms with Crippen molar-refractivity contribution in [1.29, 1.82) is 0 Å². The maximum absolute atomic E-state index is 13.1. The summed E-state index contributed by atoms with van der Waals surface area (Å²) in [6.07, 6.45) is 0. The Kier molecular flexibility index (Phi) is 5.11. The first-order chi connectivity index (χ1) is 11.4. The van der Waals surface area contributed by atoms with Crippen molar-refractivity contribution in [2.24, 2.45) is 11.5 Å². The van der Waals surface area contributed by atoms with E-state index in [9.17, 15) is 16.8 Å². The van der Waals surface area contributed by atoms with Gasteiger partial charge in [0.05, 0.1) is 9.79 Å². The molecule has 25 heavy (non-hydrogen) atoms. The first-order valence-corrected chi connectivity index (χ1v) is 10.6. The van der Waals surface area contributed by atoms with Crippen molar-refractivity contribution in [2.75, 3.05) is 0 Å². The van der Waals surface area contributed by atoms with Gasteiger partial charge in [0.15, 0.2) is 0 Å². The number of nitrogens with two attached hydrogens (primary N) is 2. The Hall–Kier alpha value is -1.74. The Morgan fingerprint density at radius 2 is 1.04 bits per heavy atom. The molecule has 0 heterocycles. The van der Waals surface area contributed by atoms with Crippen molar-refractivity contribution in [3.05, 3.63) is 59.7 Å². The highest BCUT2D eigenvalue weighted by Gasteiger charge is 2.56. The van der Waals surface area contributed by atoms with E-state index in [1.165, 1.54) is 31.2 Å². The third-order valence-electron chi connectivity index (χ3n) is 4.14. The second kappa shape index (κ2) is 6.53. The van der Waals surface area contributed by atoms with E-state index in [-0.39, 0.29) is 9.79 Å². The summed E-state index contributed by atoms with van der Waals surface area (Å²) in [6.45, 7) is 4.86. The molecule has 1 atom stereocenters. The molecule has 0 fully saturated rings. The maximum atomic E-state index is 13.1. The molecular formula is C17H22N2O4S2. The molecule has 0 bridgehead atoms. The van der Waals surface area contributed by atoms with Crippen LogP contribution in [-0.4, -0.2) is 27.1 Å². The third kappa shape index (κ3) is 3.10. The zero-order chi connectivity index (χ0) is 19.0. The van der Waals surface area contributed by atoms with Crippen molar-refractivity contribution >= 4 is 19.7 Å². The molecule has 0 saturated carbocycles. The van der Waals surface area contributed by atoms with Gasteiger partial charge in [-0.15, -0.1) is 0 Å². The van der Waals surface area contributed by atoms with Gasteiger partial charge >= 0.3 is 0 Å². The Bertz CT molecular complexity index is 887. The predicted molar refractivity (Wildman–Crippen MR) is 97.3 cm³/mol. The average molecular weight is 383 g/mol. The molecule has 0 saturated heterocycles. The fourth-order valence-electron chi connectivity index (χ4n) is 2.44. The summed E-state index contributed by atoms with van der Waals surface area (Å²) in [5.41, 5.74) is 13.5. The Morgan fingerprint density at radius 1 is 0.760 bits per heavy atom. The number of sulfone groups is 2. The number of hydrogen-bond donors (Lipinski definition) is 2. The molecule has 2 aromatic rings. The highest BCUT2D eigenvalue weighted by atomic mass is 32.3. The van der Waals surface area contributed by atoms with E-state index in [4.69, 9.17) is 11.5 Å². The quantitative estimate of drug-likeness (QED) is 0.809. The molecule has 2 rings (SSSR count). The molecule has 0 aliphatic rings. The van der Waals surface area contributed by atoms with Crippen LogP contribution in [0.3, 0.4) is 0 Å². The predicted octanol–water partition coefficient (Wildman–Crippen LogP) is 1.51. The Morgan fingerprint density at radius 3 is 1.28 bits per heavy atom. The molecule has 0 amide bonds. The average Bonchev–Trinajstić information content (AvgIpc) is 2.54. The minimum atomic E-state index is -4.47. The van der Waals surface area contributed by atoms with Crippen molar-refractivity contribution in [3.8, 4) is 0 Å². The first kappa shape index (κ1) is 19.6. The lowest BCUT2D eigenvalue weighted by atomic mass is 10.2. The van der Waals surface area contributed by atoms with Gasteiger partial charge in [-0.2, -0.15) is 0 Å². The first-order valence-electron chi connectivity index (χ1n) is 7.61. The minimum absolute atomic E-state index is 0.186. The minimum Gasteiger partial charge on any atom is -0.325 e. The van der Waals surface area contributed by atoms with Crippen LogP contribution in [0, 0.1) is 13.8 Å². The van der Waals surface area contributed by atoms with Crippen LogP contribution in [-0.2, 0) is 19.7 Å². The number of hydrogen-bond acceptors (Lipinski definition) is 6. The van der Waals surface area contributed by atoms with Crippen LogP contribution >= 0.6 is 0 Å². The summed E-state index contributed by atoms with van der Waals surface area (Å²) in [4.78, 5) is -0.373. The Labute approximate surface area is 148 Å². The van der Waals surface area contributed by atoms with Gasteiger partial charge in [-0.3, -0.25) is 5.73 Å². The van der Waals surface area contributed by atoms with Crippen LogP contribution in [0.1, 0.15) is 18.1 Å². The molecule has 2 aromatic carbocycles. The highest BCUT2D eigenvalue weighted by molar-refractivity contribution is 8.10. The molecule has 0 spiro atoms. The molecule has 0 aromatic heterocycles. The van der Waals surface area contributed by atoms with E-state index in [1.807, 2.05) is 0 Å². The standard InChI is InChI=1S/C17H22N2O4S2/c1-12-4-8-15(9-5-12)24(20,21)17(19,14(3)18)25(22,23)16-10-6-13(2)7-11-16/h4-11,14H,18-19H2,1-3H3/t14-/m1/s1. The van der Waals surface area contributed by atoms with Gasteiger partial charge in [0.25, 0.3) is 0 Å². The van der Waals surface area contributed by atoms with Crippen LogP contribution in [0.2, 0.25) is 0 Å². The summed E-state index contributed by atoms with van der Waals surface area (Å²) in [5, 5.41) is 0. The lowest BCUT2D eigenvalue weighted by Crippen LogP contribution is -2.64. The number of rotatable bonds is 5. The van der Waals surface area contributed by atoms with Crippen molar-refractivity contribution in [1.82, 2.24) is 0 Å². The van der Waals surface area contributed by atoms with Crippen LogP contribution in [0.5, 0.6) is 0 Å². The van der Waals surface area contributed by atoms with Gasteiger partial charge < -0.3 is 5.73 Å². The molecule has 0 aliphatic carbocycles. The Balaban J connectivity index is 2.73. The molecule has 0 radical (unpaired) electrons. The van der Waals surface area contributed by atoms with Gasteiger partial charge in [-0.05, 0) is 45.0 Å². The molecule has 136 valence electrons. The van der Waals surface area contributed by atoms with Gasteiger partial charge in [0.1, 0.15) is 0 Å². The van der Waals surface area contributed by atoms with E-state index >= 15 is 0 Å². The molecule has 0 aliphatic heterocycles. The van der Waals surface area contributed by atoms with E-state index in [0.717, 1.165) is 11.1 Å².